The van der Waals surface area contributed by atoms with Crippen molar-refractivity contribution < 1.29 is 14.3 Å². The molecule has 1 aliphatic heterocycles. The van der Waals surface area contributed by atoms with Crippen LogP contribution in [0, 0.1) is 13.8 Å². The van der Waals surface area contributed by atoms with E-state index in [1.807, 2.05) is 52.1 Å². The fraction of sp³-hybridized carbons (Fsp3) is 0.421. The molecule has 0 fully saturated rings. The SMILES string of the molecule is COC(=O)[C@@H]1Cc2ccccc2N1C(=O)[C@H](C)c1c(C)nn(C)c1C. The molecule has 132 valence electrons. The van der Waals surface area contributed by atoms with Crippen molar-refractivity contribution in [3.05, 3.63) is 46.8 Å². The maximum Gasteiger partial charge on any atom is 0.329 e. The number of para-hydroxylation sites is 1. The van der Waals surface area contributed by atoms with Gasteiger partial charge in [-0.1, -0.05) is 18.2 Å². The first kappa shape index (κ1) is 17.2. The van der Waals surface area contributed by atoms with Crippen LogP contribution in [0.15, 0.2) is 24.3 Å². The Labute approximate surface area is 147 Å². The van der Waals surface area contributed by atoms with Gasteiger partial charge in [-0.05, 0) is 32.4 Å². The molecule has 3 rings (SSSR count). The van der Waals surface area contributed by atoms with Crippen molar-refractivity contribution in [2.24, 2.45) is 7.05 Å². The zero-order valence-electron chi connectivity index (χ0n) is 15.2. The van der Waals surface area contributed by atoms with Crippen LogP contribution >= 0.6 is 0 Å². The van der Waals surface area contributed by atoms with E-state index in [1.165, 1.54) is 7.11 Å². The molecule has 0 saturated carbocycles. The van der Waals surface area contributed by atoms with Crippen LogP contribution in [0.3, 0.4) is 0 Å². The Morgan fingerprint density at radius 3 is 2.56 bits per heavy atom. The second kappa shape index (κ2) is 6.35. The quantitative estimate of drug-likeness (QED) is 0.804. The van der Waals surface area contributed by atoms with E-state index in [1.54, 1.807) is 9.58 Å². The molecule has 0 radical (unpaired) electrons. The van der Waals surface area contributed by atoms with Gasteiger partial charge in [0.05, 0.1) is 18.7 Å². The summed E-state index contributed by atoms with van der Waals surface area (Å²) in [7, 11) is 3.22. The lowest BCUT2D eigenvalue weighted by atomic mass is 9.97. The molecule has 0 aliphatic carbocycles. The number of fused-ring (bicyclic) bond motifs is 1. The molecule has 25 heavy (non-hydrogen) atoms. The number of methoxy groups -OCH3 is 1. The molecule has 6 heteroatoms. The summed E-state index contributed by atoms with van der Waals surface area (Å²) in [5.74, 6) is -0.900. The Kier molecular flexibility index (Phi) is 4.37. The van der Waals surface area contributed by atoms with E-state index >= 15 is 0 Å². The van der Waals surface area contributed by atoms with E-state index in [9.17, 15) is 9.59 Å². The van der Waals surface area contributed by atoms with Crippen molar-refractivity contribution >= 4 is 17.6 Å². The van der Waals surface area contributed by atoms with Crippen LogP contribution in [0.25, 0.3) is 0 Å². The van der Waals surface area contributed by atoms with Crippen LogP contribution in [0.2, 0.25) is 0 Å². The number of anilines is 1. The van der Waals surface area contributed by atoms with Gasteiger partial charge in [0.2, 0.25) is 5.91 Å². The zero-order chi connectivity index (χ0) is 18.3. The van der Waals surface area contributed by atoms with Gasteiger partial charge in [0.15, 0.2) is 0 Å². The van der Waals surface area contributed by atoms with Crippen LogP contribution in [0.1, 0.15) is 35.4 Å². The van der Waals surface area contributed by atoms with Crippen molar-refractivity contribution in [3.63, 3.8) is 0 Å². The van der Waals surface area contributed by atoms with Gasteiger partial charge >= 0.3 is 5.97 Å². The Hall–Kier alpha value is -2.63. The Morgan fingerprint density at radius 2 is 1.96 bits per heavy atom. The molecule has 0 bridgehead atoms. The topological polar surface area (TPSA) is 64.4 Å². The average Bonchev–Trinajstić information content (AvgIpc) is 3.10. The van der Waals surface area contributed by atoms with Gasteiger partial charge in [0.25, 0.3) is 0 Å². The molecule has 1 aliphatic rings. The molecule has 6 nitrogen and oxygen atoms in total. The molecule has 1 aromatic carbocycles. The molecule has 1 aromatic heterocycles. The second-order valence-corrected chi connectivity index (χ2v) is 6.51. The van der Waals surface area contributed by atoms with Crippen molar-refractivity contribution in [2.45, 2.75) is 39.2 Å². The molecule has 2 heterocycles. The standard InChI is InChI=1S/C19H23N3O3/c1-11(17-12(2)20-21(4)13(17)3)18(23)22-15-9-7-6-8-14(15)10-16(22)19(24)25-5/h6-9,11,16H,10H2,1-5H3/t11-,16+/m1/s1. The number of carbonyl (C=O) groups is 2. The number of carbonyl (C=O) groups excluding carboxylic acids is 2. The van der Waals surface area contributed by atoms with E-state index in [-0.39, 0.29) is 5.91 Å². The van der Waals surface area contributed by atoms with E-state index in [2.05, 4.69) is 5.10 Å². The molecule has 0 unspecified atom stereocenters. The highest BCUT2D eigenvalue weighted by molar-refractivity contribution is 6.05. The third-order valence-electron chi connectivity index (χ3n) is 5.06. The highest BCUT2D eigenvalue weighted by Crippen LogP contribution is 2.36. The fourth-order valence-electron chi connectivity index (χ4n) is 3.73. The van der Waals surface area contributed by atoms with E-state index in [4.69, 9.17) is 4.74 Å². The number of aromatic nitrogens is 2. The third kappa shape index (κ3) is 2.71. The molecular formula is C19H23N3O3. The summed E-state index contributed by atoms with van der Waals surface area (Å²) in [6, 6.07) is 7.01. The zero-order valence-corrected chi connectivity index (χ0v) is 15.2. The van der Waals surface area contributed by atoms with Crippen LogP contribution in [0.4, 0.5) is 5.69 Å². The number of rotatable bonds is 3. The summed E-state index contributed by atoms with van der Waals surface area (Å²) < 4.78 is 6.72. The summed E-state index contributed by atoms with van der Waals surface area (Å²) in [5.41, 5.74) is 4.48. The monoisotopic (exact) mass is 341 g/mol. The van der Waals surface area contributed by atoms with Crippen molar-refractivity contribution in [3.8, 4) is 0 Å². The summed E-state index contributed by atoms with van der Waals surface area (Å²) >= 11 is 0. The highest BCUT2D eigenvalue weighted by Gasteiger charge is 2.41. The number of hydrogen-bond acceptors (Lipinski definition) is 4. The largest absolute Gasteiger partial charge is 0.467 e. The number of benzene rings is 1. The van der Waals surface area contributed by atoms with Crippen LogP contribution in [0.5, 0.6) is 0 Å². The van der Waals surface area contributed by atoms with E-state index in [0.717, 1.165) is 28.2 Å². The maximum atomic E-state index is 13.3. The number of amides is 1. The predicted octanol–water partition coefficient (Wildman–Crippen LogP) is 2.27. The minimum atomic E-state index is -0.616. The third-order valence-corrected chi connectivity index (χ3v) is 5.06. The molecule has 0 N–H and O–H groups in total. The lowest BCUT2D eigenvalue weighted by Crippen LogP contribution is -2.45. The minimum Gasteiger partial charge on any atom is -0.467 e. The molecule has 2 aromatic rings. The average molecular weight is 341 g/mol. The van der Waals surface area contributed by atoms with E-state index in [0.29, 0.717) is 6.42 Å². The molecule has 2 atom stereocenters. The molecule has 0 spiro atoms. The van der Waals surface area contributed by atoms with Crippen LogP contribution in [-0.2, 0) is 27.8 Å². The summed E-state index contributed by atoms with van der Waals surface area (Å²) in [5, 5.41) is 4.41. The van der Waals surface area contributed by atoms with Crippen molar-refractivity contribution in [1.82, 2.24) is 9.78 Å². The second-order valence-electron chi connectivity index (χ2n) is 6.51. The smallest absolute Gasteiger partial charge is 0.329 e. The first-order chi connectivity index (χ1) is 11.9. The Morgan fingerprint density at radius 1 is 1.28 bits per heavy atom. The lowest BCUT2D eigenvalue weighted by Gasteiger charge is -2.27. The molecule has 1 amide bonds. The Balaban J connectivity index is 2.02. The van der Waals surface area contributed by atoms with Gasteiger partial charge in [-0.2, -0.15) is 5.10 Å². The van der Waals surface area contributed by atoms with Crippen LogP contribution < -0.4 is 4.90 Å². The first-order valence-corrected chi connectivity index (χ1v) is 8.35. The van der Waals surface area contributed by atoms with E-state index < -0.39 is 17.9 Å². The summed E-state index contributed by atoms with van der Waals surface area (Å²) in [6.07, 6.45) is 0.478. The number of hydrogen-bond donors (Lipinski definition) is 0. The highest BCUT2D eigenvalue weighted by atomic mass is 16.5. The minimum absolute atomic E-state index is 0.112. The van der Waals surface area contributed by atoms with Crippen molar-refractivity contribution in [1.29, 1.82) is 0 Å². The number of nitrogens with zero attached hydrogens (tertiary/aromatic N) is 3. The van der Waals surface area contributed by atoms with Gasteiger partial charge in [0, 0.05) is 30.4 Å². The molecular weight excluding hydrogens is 318 g/mol. The van der Waals surface area contributed by atoms with Crippen molar-refractivity contribution in [2.75, 3.05) is 12.0 Å². The summed E-state index contributed by atoms with van der Waals surface area (Å²) in [6.45, 7) is 5.73. The van der Waals surface area contributed by atoms with Crippen LogP contribution in [-0.4, -0.2) is 34.8 Å². The number of esters is 1. The van der Waals surface area contributed by atoms with Gasteiger partial charge in [-0.3, -0.25) is 14.4 Å². The lowest BCUT2D eigenvalue weighted by molar-refractivity contribution is -0.143. The van der Waals surface area contributed by atoms with Gasteiger partial charge in [-0.25, -0.2) is 4.79 Å². The summed E-state index contributed by atoms with van der Waals surface area (Å²) in [4.78, 5) is 27.2. The molecule has 0 saturated heterocycles. The van der Waals surface area contributed by atoms with Gasteiger partial charge < -0.3 is 4.74 Å². The fourth-order valence-corrected chi connectivity index (χ4v) is 3.73. The number of ether oxygens (including phenoxy) is 1. The maximum absolute atomic E-state index is 13.3. The number of aryl methyl sites for hydroxylation is 2. The van der Waals surface area contributed by atoms with Gasteiger partial charge in [0.1, 0.15) is 6.04 Å². The predicted molar refractivity (Wildman–Crippen MR) is 94.5 cm³/mol. The Bertz CT molecular complexity index is 840. The first-order valence-electron chi connectivity index (χ1n) is 8.35. The van der Waals surface area contributed by atoms with Gasteiger partial charge in [-0.15, -0.1) is 0 Å². The normalized spacial score (nSPS) is 17.3.